The molecule has 19 heavy (non-hydrogen) atoms. The Balaban J connectivity index is 1.68. The molecule has 0 spiro atoms. The number of piperidine rings is 1. The highest BCUT2D eigenvalue weighted by Crippen LogP contribution is 2.30. The van der Waals surface area contributed by atoms with E-state index < -0.39 is 0 Å². The van der Waals surface area contributed by atoms with Crippen LogP contribution in [0.2, 0.25) is 0 Å². The molecule has 2 aromatic heterocycles. The van der Waals surface area contributed by atoms with Gasteiger partial charge in [-0.25, -0.2) is 0 Å². The second-order valence-electron chi connectivity index (χ2n) is 4.74. The Morgan fingerprint density at radius 2 is 2.37 bits per heavy atom. The molecule has 1 aliphatic heterocycles. The molecule has 1 fully saturated rings. The van der Waals surface area contributed by atoms with Gasteiger partial charge in [-0.1, -0.05) is 0 Å². The maximum Gasteiger partial charge on any atom is 0.257 e. The first-order chi connectivity index (χ1) is 9.20. The van der Waals surface area contributed by atoms with Crippen molar-refractivity contribution in [1.29, 1.82) is 0 Å². The number of nitrogens with zero attached hydrogens (tertiary/aromatic N) is 3. The summed E-state index contributed by atoms with van der Waals surface area (Å²) in [5.41, 5.74) is 5.97. The number of rotatable bonds is 3. The Morgan fingerprint density at radius 1 is 1.47 bits per heavy atom. The fraction of sp³-hybridized carbons (Fsp3) is 0.500. The number of halogens is 1. The summed E-state index contributed by atoms with van der Waals surface area (Å²) in [7, 11) is 0. The third kappa shape index (κ3) is 3.22. The van der Waals surface area contributed by atoms with Crippen LogP contribution in [-0.2, 0) is 6.54 Å². The first kappa shape index (κ1) is 13.2. The fourth-order valence-corrected chi connectivity index (χ4v) is 3.58. The van der Waals surface area contributed by atoms with Crippen LogP contribution in [0.4, 0.5) is 0 Å². The van der Waals surface area contributed by atoms with Gasteiger partial charge in [0.15, 0.2) is 0 Å². The molecule has 0 saturated carbocycles. The van der Waals surface area contributed by atoms with E-state index in [1.165, 1.54) is 0 Å². The van der Waals surface area contributed by atoms with E-state index in [-0.39, 0.29) is 6.04 Å². The van der Waals surface area contributed by atoms with E-state index in [9.17, 15) is 0 Å². The van der Waals surface area contributed by atoms with Gasteiger partial charge in [-0.05, 0) is 47.4 Å². The molecular formula is C12H15BrN4OS. The standard InChI is InChI=1S/C12H15BrN4OS/c13-10-4-3-9(19-10)12-16-15-11(18-12)7-17-5-1-2-8(14)6-17/h3-4,8H,1-2,5-7,14H2. The van der Waals surface area contributed by atoms with Crippen molar-refractivity contribution in [1.82, 2.24) is 15.1 Å². The zero-order chi connectivity index (χ0) is 13.2. The second-order valence-corrected chi connectivity index (χ2v) is 7.21. The van der Waals surface area contributed by atoms with E-state index in [4.69, 9.17) is 10.2 Å². The first-order valence-electron chi connectivity index (χ1n) is 6.27. The van der Waals surface area contributed by atoms with Gasteiger partial charge in [0.05, 0.1) is 15.2 Å². The van der Waals surface area contributed by atoms with Crippen LogP contribution in [0.15, 0.2) is 20.3 Å². The van der Waals surface area contributed by atoms with Crippen LogP contribution in [0, 0.1) is 0 Å². The molecule has 102 valence electrons. The van der Waals surface area contributed by atoms with Gasteiger partial charge in [-0.15, -0.1) is 21.5 Å². The average molecular weight is 343 g/mol. The SMILES string of the molecule is NC1CCCN(Cc2nnc(-c3ccc(Br)s3)o2)C1. The molecule has 1 aliphatic rings. The van der Waals surface area contributed by atoms with E-state index in [2.05, 4.69) is 31.0 Å². The zero-order valence-corrected chi connectivity index (χ0v) is 12.8. The van der Waals surface area contributed by atoms with Crippen LogP contribution in [0.5, 0.6) is 0 Å². The van der Waals surface area contributed by atoms with Gasteiger partial charge in [0.1, 0.15) is 0 Å². The van der Waals surface area contributed by atoms with Crippen LogP contribution >= 0.6 is 27.3 Å². The summed E-state index contributed by atoms with van der Waals surface area (Å²) in [6.07, 6.45) is 2.24. The lowest BCUT2D eigenvalue weighted by atomic mass is 10.1. The van der Waals surface area contributed by atoms with Gasteiger partial charge in [0.2, 0.25) is 5.89 Å². The van der Waals surface area contributed by atoms with Crippen molar-refractivity contribution >= 4 is 27.3 Å². The molecule has 0 radical (unpaired) electrons. The summed E-state index contributed by atoms with van der Waals surface area (Å²) < 4.78 is 6.77. The minimum atomic E-state index is 0.268. The summed E-state index contributed by atoms with van der Waals surface area (Å²) in [6, 6.07) is 4.22. The minimum Gasteiger partial charge on any atom is -0.419 e. The largest absolute Gasteiger partial charge is 0.419 e. The Kier molecular flexibility index (Phi) is 3.97. The number of likely N-dealkylation sites (tertiary alicyclic amines) is 1. The highest BCUT2D eigenvalue weighted by molar-refractivity contribution is 9.11. The number of thiophene rings is 1. The summed E-state index contributed by atoms with van der Waals surface area (Å²) in [6.45, 7) is 2.64. The Labute approximate surface area is 123 Å². The Bertz CT molecular complexity index is 555. The van der Waals surface area contributed by atoms with Crippen molar-refractivity contribution in [2.24, 2.45) is 5.73 Å². The normalized spacial score (nSPS) is 20.8. The monoisotopic (exact) mass is 342 g/mol. The Hall–Kier alpha value is -0.760. The molecule has 3 heterocycles. The van der Waals surface area contributed by atoms with Gasteiger partial charge in [0, 0.05) is 12.6 Å². The van der Waals surface area contributed by atoms with Gasteiger partial charge >= 0.3 is 0 Å². The third-order valence-electron chi connectivity index (χ3n) is 3.15. The second kappa shape index (κ2) is 5.70. The topological polar surface area (TPSA) is 68.2 Å². The number of nitrogens with two attached hydrogens (primary N) is 1. The zero-order valence-electron chi connectivity index (χ0n) is 10.4. The average Bonchev–Trinajstić information content (AvgIpc) is 2.98. The predicted molar refractivity (Wildman–Crippen MR) is 77.8 cm³/mol. The number of hydrogen-bond donors (Lipinski definition) is 1. The maximum absolute atomic E-state index is 5.97. The molecule has 1 atom stereocenters. The van der Waals surface area contributed by atoms with Crippen LogP contribution < -0.4 is 5.73 Å². The van der Waals surface area contributed by atoms with Crippen LogP contribution in [0.1, 0.15) is 18.7 Å². The highest BCUT2D eigenvalue weighted by Gasteiger charge is 2.19. The quantitative estimate of drug-likeness (QED) is 0.927. The lowest BCUT2D eigenvalue weighted by Gasteiger charge is -2.29. The molecule has 5 nitrogen and oxygen atoms in total. The summed E-state index contributed by atoms with van der Waals surface area (Å²) >= 11 is 5.02. The summed E-state index contributed by atoms with van der Waals surface area (Å²) in [4.78, 5) is 3.26. The molecule has 0 bridgehead atoms. The van der Waals surface area contributed by atoms with E-state index in [1.807, 2.05) is 12.1 Å². The van der Waals surface area contributed by atoms with Crippen molar-refractivity contribution in [3.8, 4) is 10.8 Å². The summed E-state index contributed by atoms with van der Waals surface area (Å²) in [5, 5.41) is 8.21. The molecule has 0 amide bonds. The van der Waals surface area contributed by atoms with Crippen molar-refractivity contribution in [3.05, 3.63) is 21.8 Å². The third-order valence-corrected chi connectivity index (χ3v) is 4.76. The minimum absolute atomic E-state index is 0.268. The van der Waals surface area contributed by atoms with Crippen LogP contribution in [0.3, 0.4) is 0 Å². The van der Waals surface area contributed by atoms with Gasteiger partial charge in [-0.3, -0.25) is 4.90 Å². The van der Waals surface area contributed by atoms with Crippen LogP contribution in [-0.4, -0.2) is 34.2 Å². The van der Waals surface area contributed by atoms with E-state index in [1.54, 1.807) is 11.3 Å². The molecule has 3 rings (SSSR count). The van der Waals surface area contributed by atoms with Crippen molar-refractivity contribution in [2.45, 2.75) is 25.4 Å². The molecule has 7 heteroatoms. The molecule has 0 aromatic carbocycles. The predicted octanol–water partition coefficient (Wildman–Crippen LogP) is 2.48. The number of aromatic nitrogens is 2. The molecule has 2 aromatic rings. The molecule has 1 saturated heterocycles. The fourth-order valence-electron chi connectivity index (χ4n) is 2.27. The van der Waals surface area contributed by atoms with Gasteiger partial charge in [-0.2, -0.15) is 0 Å². The lowest BCUT2D eigenvalue weighted by molar-refractivity contribution is 0.185. The maximum atomic E-state index is 5.97. The van der Waals surface area contributed by atoms with Crippen molar-refractivity contribution in [2.75, 3.05) is 13.1 Å². The first-order valence-corrected chi connectivity index (χ1v) is 7.87. The highest BCUT2D eigenvalue weighted by atomic mass is 79.9. The number of hydrogen-bond acceptors (Lipinski definition) is 6. The molecule has 1 unspecified atom stereocenters. The lowest BCUT2D eigenvalue weighted by Crippen LogP contribution is -2.42. The smallest absolute Gasteiger partial charge is 0.257 e. The molecular weight excluding hydrogens is 328 g/mol. The molecule has 2 N–H and O–H groups in total. The van der Waals surface area contributed by atoms with Crippen molar-refractivity contribution < 1.29 is 4.42 Å². The summed E-state index contributed by atoms with van der Waals surface area (Å²) in [5.74, 6) is 1.25. The van der Waals surface area contributed by atoms with E-state index in [0.717, 1.165) is 34.6 Å². The van der Waals surface area contributed by atoms with Crippen LogP contribution in [0.25, 0.3) is 10.8 Å². The Morgan fingerprint density at radius 3 is 3.11 bits per heavy atom. The van der Waals surface area contributed by atoms with E-state index >= 15 is 0 Å². The van der Waals surface area contributed by atoms with Gasteiger partial charge < -0.3 is 10.2 Å². The molecule has 0 aliphatic carbocycles. The van der Waals surface area contributed by atoms with E-state index in [0.29, 0.717) is 18.3 Å². The van der Waals surface area contributed by atoms with Gasteiger partial charge in [0.25, 0.3) is 5.89 Å². The van der Waals surface area contributed by atoms with Crippen molar-refractivity contribution in [3.63, 3.8) is 0 Å².